The van der Waals surface area contributed by atoms with E-state index >= 15 is 0 Å². The zero-order valence-corrected chi connectivity index (χ0v) is 11.8. The Balaban J connectivity index is 1.99. The number of ether oxygens (including phenoxy) is 1. The minimum atomic E-state index is -0.350. The van der Waals surface area contributed by atoms with Gasteiger partial charge in [-0.2, -0.15) is 5.26 Å². The van der Waals surface area contributed by atoms with E-state index in [1.807, 2.05) is 0 Å². The summed E-state index contributed by atoms with van der Waals surface area (Å²) >= 11 is 0. The molecule has 1 saturated heterocycles. The first-order valence-corrected chi connectivity index (χ1v) is 7.03. The van der Waals surface area contributed by atoms with Crippen LogP contribution in [0.1, 0.15) is 33.1 Å². The van der Waals surface area contributed by atoms with E-state index in [1.165, 1.54) is 12.8 Å². The highest BCUT2D eigenvalue weighted by molar-refractivity contribution is 5.17. The molecule has 4 nitrogen and oxygen atoms in total. The summed E-state index contributed by atoms with van der Waals surface area (Å²) in [6.45, 7) is 7.10. The number of nitrogens with zero attached hydrogens (tertiary/aromatic N) is 2. The molecule has 1 aliphatic carbocycles. The lowest BCUT2D eigenvalue weighted by Gasteiger charge is -2.34. The lowest BCUT2D eigenvalue weighted by atomic mass is 9.93. The molecule has 2 aliphatic rings. The predicted octanol–water partition coefficient (Wildman–Crippen LogP) is 1.38. The molecule has 18 heavy (non-hydrogen) atoms. The molecule has 4 heteroatoms. The lowest BCUT2D eigenvalue weighted by molar-refractivity contribution is 0.103. The number of nitriles is 1. The van der Waals surface area contributed by atoms with Gasteiger partial charge in [0.1, 0.15) is 5.54 Å². The van der Waals surface area contributed by atoms with Crippen molar-refractivity contribution in [1.29, 1.82) is 5.26 Å². The van der Waals surface area contributed by atoms with Gasteiger partial charge in [0.2, 0.25) is 0 Å². The van der Waals surface area contributed by atoms with E-state index in [1.54, 1.807) is 7.11 Å². The van der Waals surface area contributed by atoms with Crippen molar-refractivity contribution in [2.24, 2.45) is 5.92 Å². The highest BCUT2D eigenvalue weighted by Crippen LogP contribution is 2.40. The molecule has 2 atom stereocenters. The van der Waals surface area contributed by atoms with E-state index in [2.05, 4.69) is 30.1 Å². The molecule has 0 bridgehead atoms. The SMILES string of the molecule is COC1CCN(CC(C#N)(NC(C)C)C2CC2)C1. The smallest absolute Gasteiger partial charge is 0.122 e. The van der Waals surface area contributed by atoms with Crippen molar-refractivity contribution < 1.29 is 4.74 Å². The highest BCUT2D eigenvalue weighted by Gasteiger charge is 2.47. The maximum absolute atomic E-state index is 9.65. The summed E-state index contributed by atoms with van der Waals surface area (Å²) in [6.07, 6.45) is 3.81. The summed E-state index contributed by atoms with van der Waals surface area (Å²) in [5.41, 5.74) is -0.350. The highest BCUT2D eigenvalue weighted by atomic mass is 16.5. The van der Waals surface area contributed by atoms with Gasteiger partial charge in [-0.05, 0) is 39.0 Å². The molecule has 102 valence electrons. The Morgan fingerprint density at radius 1 is 1.44 bits per heavy atom. The maximum Gasteiger partial charge on any atom is 0.122 e. The quantitative estimate of drug-likeness (QED) is 0.775. The van der Waals surface area contributed by atoms with Crippen molar-refractivity contribution in [3.8, 4) is 6.07 Å². The first-order valence-electron chi connectivity index (χ1n) is 7.03. The first kappa shape index (κ1) is 13.8. The molecule has 1 heterocycles. The van der Waals surface area contributed by atoms with Crippen molar-refractivity contribution in [3.63, 3.8) is 0 Å². The van der Waals surface area contributed by atoms with Crippen LogP contribution in [0.5, 0.6) is 0 Å². The molecule has 1 aliphatic heterocycles. The van der Waals surface area contributed by atoms with Gasteiger partial charge in [-0.3, -0.25) is 10.2 Å². The minimum Gasteiger partial charge on any atom is -0.380 e. The summed E-state index contributed by atoms with van der Waals surface area (Å²) in [7, 11) is 1.78. The molecule has 0 spiro atoms. The van der Waals surface area contributed by atoms with Crippen molar-refractivity contribution in [2.75, 3.05) is 26.7 Å². The molecule has 2 fully saturated rings. The minimum absolute atomic E-state index is 0.347. The van der Waals surface area contributed by atoms with Gasteiger partial charge >= 0.3 is 0 Å². The zero-order valence-electron chi connectivity index (χ0n) is 11.8. The summed E-state index contributed by atoms with van der Waals surface area (Å²) in [6, 6.07) is 2.93. The standard InChI is InChI=1S/C14H25N3O/c1-11(2)16-14(9-15,12-4-5-12)10-17-7-6-13(8-17)18-3/h11-13,16H,4-8,10H2,1-3H3. The Labute approximate surface area is 110 Å². The first-order chi connectivity index (χ1) is 8.59. The Morgan fingerprint density at radius 3 is 2.61 bits per heavy atom. The van der Waals surface area contributed by atoms with Crippen LogP contribution in [-0.2, 0) is 4.74 Å². The van der Waals surface area contributed by atoms with Crippen LogP contribution >= 0.6 is 0 Å². The summed E-state index contributed by atoms with van der Waals surface area (Å²) in [4.78, 5) is 2.38. The van der Waals surface area contributed by atoms with E-state index in [0.29, 0.717) is 18.1 Å². The number of hydrogen-bond donors (Lipinski definition) is 1. The summed E-state index contributed by atoms with van der Waals surface area (Å²) < 4.78 is 5.40. The van der Waals surface area contributed by atoms with Crippen LogP contribution in [0.3, 0.4) is 0 Å². The van der Waals surface area contributed by atoms with Crippen molar-refractivity contribution >= 4 is 0 Å². The van der Waals surface area contributed by atoms with E-state index in [-0.39, 0.29) is 5.54 Å². The maximum atomic E-state index is 9.65. The van der Waals surface area contributed by atoms with Crippen molar-refractivity contribution in [2.45, 2.75) is 50.8 Å². The number of likely N-dealkylation sites (tertiary alicyclic amines) is 1. The van der Waals surface area contributed by atoms with Crippen LogP contribution in [0, 0.1) is 17.2 Å². The number of nitrogens with one attached hydrogen (secondary N) is 1. The molecular weight excluding hydrogens is 226 g/mol. The van der Waals surface area contributed by atoms with Crippen LogP contribution in [0.25, 0.3) is 0 Å². The van der Waals surface area contributed by atoms with E-state index in [4.69, 9.17) is 4.74 Å². The van der Waals surface area contributed by atoms with Gasteiger partial charge in [-0.15, -0.1) is 0 Å². The molecule has 0 amide bonds. The largest absolute Gasteiger partial charge is 0.380 e. The molecule has 0 aromatic heterocycles. The Hall–Kier alpha value is -0.630. The molecule has 2 rings (SSSR count). The lowest BCUT2D eigenvalue weighted by Crippen LogP contribution is -2.56. The van der Waals surface area contributed by atoms with Crippen LogP contribution in [0.2, 0.25) is 0 Å². The van der Waals surface area contributed by atoms with Gasteiger partial charge < -0.3 is 4.74 Å². The van der Waals surface area contributed by atoms with Gasteiger partial charge in [0.25, 0.3) is 0 Å². The fraction of sp³-hybridized carbons (Fsp3) is 0.929. The third-order valence-electron chi connectivity index (χ3n) is 4.06. The third kappa shape index (κ3) is 3.03. The molecule has 0 radical (unpaired) electrons. The average Bonchev–Trinajstić information content (AvgIpc) is 3.10. The number of hydrogen-bond acceptors (Lipinski definition) is 4. The van der Waals surface area contributed by atoms with E-state index < -0.39 is 0 Å². The number of rotatable bonds is 6. The molecule has 1 N–H and O–H groups in total. The Bertz CT molecular complexity index is 321. The topological polar surface area (TPSA) is 48.3 Å². The van der Waals surface area contributed by atoms with Crippen molar-refractivity contribution in [1.82, 2.24) is 10.2 Å². The van der Waals surface area contributed by atoms with Gasteiger partial charge in [0, 0.05) is 32.8 Å². The third-order valence-corrected chi connectivity index (χ3v) is 4.06. The molecule has 1 saturated carbocycles. The molecular formula is C14H25N3O. The van der Waals surface area contributed by atoms with Gasteiger partial charge in [0.05, 0.1) is 12.2 Å². The van der Waals surface area contributed by atoms with E-state index in [9.17, 15) is 5.26 Å². The normalized spacial score (nSPS) is 28.3. The number of methoxy groups -OCH3 is 1. The second kappa shape index (κ2) is 5.56. The van der Waals surface area contributed by atoms with Crippen LogP contribution < -0.4 is 5.32 Å². The van der Waals surface area contributed by atoms with E-state index in [0.717, 1.165) is 26.1 Å². The second-order valence-electron chi connectivity index (χ2n) is 6.04. The van der Waals surface area contributed by atoms with Gasteiger partial charge in [-0.25, -0.2) is 0 Å². The van der Waals surface area contributed by atoms with Gasteiger partial charge in [0.15, 0.2) is 0 Å². The summed E-state index contributed by atoms with van der Waals surface area (Å²) in [5.74, 6) is 0.534. The Kier molecular flexibility index (Phi) is 4.26. The molecule has 0 aromatic carbocycles. The monoisotopic (exact) mass is 251 g/mol. The fourth-order valence-corrected chi connectivity index (χ4v) is 3.03. The molecule has 2 unspecified atom stereocenters. The van der Waals surface area contributed by atoms with Crippen LogP contribution in [0.15, 0.2) is 0 Å². The average molecular weight is 251 g/mol. The van der Waals surface area contributed by atoms with Crippen LogP contribution in [0.4, 0.5) is 0 Å². The Morgan fingerprint density at radius 2 is 2.17 bits per heavy atom. The van der Waals surface area contributed by atoms with Gasteiger partial charge in [-0.1, -0.05) is 0 Å². The van der Waals surface area contributed by atoms with Crippen LogP contribution in [-0.4, -0.2) is 49.3 Å². The predicted molar refractivity (Wildman–Crippen MR) is 71.2 cm³/mol. The van der Waals surface area contributed by atoms with Crippen molar-refractivity contribution in [3.05, 3.63) is 0 Å². The second-order valence-corrected chi connectivity index (χ2v) is 6.04. The zero-order chi connectivity index (χ0) is 13.2. The fourth-order valence-electron chi connectivity index (χ4n) is 3.03. The molecule has 0 aromatic rings. The summed E-state index contributed by atoms with van der Waals surface area (Å²) in [5, 5.41) is 13.2.